The number of aromatic nitrogens is 1. The third kappa shape index (κ3) is 3.04. The zero-order valence-corrected chi connectivity index (χ0v) is 11.4. The average Bonchev–Trinajstić information content (AvgIpc) is 2.87. The normalized spacial score (nSPS) is 10.9. The number of thiazole rings is 1. The summed E-state index contributed by atoms with van der Waals surface area (Å²) in [7, 11) is 0. The van der Waals surface area contributed by atoms with Crippen LogP contribution in [0.3, 0.4) is 0 Å². The molecule has 0 radical (unpaired) electrons. The summed E-state index contributed by atoms with van der Waals surface area (Å²) < 4.78 is 0.816. The molecule has 2 aromatic heterocycles. The van der Waals surface area contributed by atoms with Crippen molar-refractivity contribution in [2.24, 2.45) is 0 Å². The third-order valence-corrected chi connectivity index (χ3v) is 4.46. The van der Waals surface area contributed by atoms with Crippen LogP contribution in [0.1, 0.15) is 18.2 Å². The first-order valence-corrected chi connectivity index (χ1v) is 7.22. The van der Waals surface area contributed by atoms with E-state index in [1.54, 1.807) is 22.7 Å². The molecule has 0 aliphatic rings. The van der Waals surface area contributed by atoms with Crippen LogP contribution in [-0.2, 0) is 6.54 Å². The highest BCUT2D eigenvalue weighted by Gasteiger charge is 2.06. The molecular formula is C11H13ClN2S2. The van der Waals surface area contributed by atoms with Crippen LogP contribution in [0.4, 0.5) is 0 Å². The van der Waals surface area contributed by atoms with Gasteiger partial charge in [-0.2, -0.15) is 0 Å². The van der Waals surface area contributed by atoms with Crippen LogP contribution in [-0.4, -0.2) is 11.5 Å². The topological polar surface area (TPSA) is 24.9 Å². The predicted octanol–water partition coefficient (Wildman–Crippen LogP) is 4.02. The molecule has 0 saturated carbocycles. The summed E-state index contributed by atoms with van der Waals surface area (Å²) in [6, 6.07) is 3.94. The van der Waals surface area contributed by atoms with Crippen LogP contribution in [0.5, 0.6) is 0 Å². The van der Waals surface area contributed by atoms with Crippen molar-refractivity contribution < 1.29 is 0 Å². The van der Waals surface area contributed by atoms with E-state index < -0.39 is 0 Å². The zero-order chi connectivity index (χ0) is 11.4. The Balaban J connectivity index is 2.02. The maximum absolute atomic E-state index is 5.90. The Hall–Kier alpha value is -0.420. The molecule has 0 spiro atoms. The van der Waals surface area contributed by atoms with E-state index in [2.05, 4.69) is 17.2 Å². The first-order valence-electron chi connectivity index (χ1n) is 5.20. The molecular weight excluding hydrogens is 260 g/mol. The van der Waals surface area contributed by atoms with E-state index in [1.807, 2.05) is 18.3 Å². The predicted molar refractivity (Wildman–Crippen MR) is 72.4 cm³/mol. The van der Waals surface area contributed by atoms with Crippen LogP contribution in [0.25, 0.3) is 9.88 Å². The summed E-state index contributed by atoms with van der Waals surface area (Å²) in [4.78, 5) is 6.83. The first-order chi connectivity index (χ1) is 7.79. The standard InChI is InChI=1S/C11H13ClN2S2/c1-2-5-13-6-8-7-14-11(15-8)9-3-4-10(12)16-9/h3-4,7,13H,2,5-6H2,1H3. The average molecular weight is 273 g/mol. The highest BCUT2D eigenvalue weighted by Crippen LogP contribution is 2.33. The van der Waals surface area contributed by atoms with Crippen molar-refractivity contribution in [3.8, 4) is 9.88 Å². The van der Waals surface area contributed by atoms with Crippen LogP contribution < -0.4 is 5.32 Å². The highest BCUT2D eigenvalue weighted by molar-refractivity contribution is 7.23. The summed E-state index contributed by atoms with van der Waals surface area (Å²) in [6.45, 7) is 4.13. The first kappa shape index (κ1) is 12.0. The summed E-state index contributed by atoms with van der Waals surface area (Å²) in [5.41, 5.74) is 0. The molecule has 2 rings (SSSR count). The van der Waals surface area contributed by atoms with E-state index in [9.17, 15) is 0 Å². The lowest BCUT2D eigenvalue weighted by molar-refractivity contribution is 0.681. The molecule has 0 saturated heterocycles. The number of hydrogen-bond donors (Lipinski definition) is 1. The van der Waals surface area contributed by atoms with Crippen LogP contribution >= 0.6 is 34.3 Å². The lowest BCUT2D eigenvalue weighted by atomic mass is 10.4. The SMILES string of the molecule is CCCNCc1cnc(-c2ccc(Cl)s2)s1. The minimum absolute atomic E-state index is 0.816. The Labute approximate surface area is 108 Å². The fourth-order valence-electron chi connectivity index (χ4n) is 1.32. The number of hydrogen-bond acceptors (Lipinski definition) is 4. The Bertz CT molecular complexity index is 450. The maximum atomic E-state index is 5.90. The van der Waals surface area contributed by atoms with Crippen molar-refractivity contribution in [2.45, 2.75) is 19.9 Å². The number of halogens is 1. The van der Waals surface area contributed by atoms with E-state index in [0.29, 0.717) is 0 Å². The van der Waals surface area contributed by atoms with Gasteiger partial charge in [0.1, 0.15) is 5.01 Å². The van der Waals surface area contributed by atoms with Gasteiger partial charge in [-0.05, 0) is 25.1 Å². The van der Waals surface area contributed by atoms with E-state index in [1.165, 1.54) is 4.88 Å². The molecule has 2 heterocycles. The fourth-order valence-corrected chi connectivity index (χ4v) is 3.31. The molecule has 0 aliphatic carbocycles. The van der Waals surface area contributed by atoms with Crippen molar-refractivity contribution in [1.29, 1.82) is 0 Å². The molecule has 1 N–H and O–H groups in total. The van der Waals surface area contributed by atoms with Crippen molar-refractivity contribution in [2.75, 3.05) is 6.54 Å². The summed E-state index contributed by atoms with van der Waals surface area (Å²) in [6.07, 6.45) is 3.10. The van der Waals surface area contributed by atoms with Gasteiger partial charge in [0.15, 0.2) is 0 Å². The summed E-state index contributed by atoms with van der Waals surface area (Å²) in [5, 5.41) is 4.43. The van der Waals surface area contributed by atoms with Gasteiger partial charge in [-0.1, -0.05) is 18.5 Å². The Kier molecular flexibility index (Phi) is 4.35. The number of nitrogens with one attached hydrogen (secondary N) is 1. The van der Waals surface area contributed by atoms with Crippen LogP contribution in [0.2, 0.25) is 4.34 Å². The largest absolute Gasteiger partial charge is 0.312 e. The molecule has 2 nitrogen and oxygen atoms in total. The summed E-state index contributed by atoms with van der Waals surface area (Å²) in [5.74, 6) is 0. The molecule has 0 amide bonds. The van der Waals surface area contributed by atoms with E-state index >= 15 is 0 Å². The second kappa shape index (κ2) is 5.77. The Morgan fingerprint density at radius 3 is 2.94 bits per heavy atom. The molecule has 0 fully saturated rings. The van der Waals surface area contributed by atoms with Crippen molar-refractivity contribution in [1.82, 2.24) is 10.3 Å². The van der Waals surface area contributed by atoms with Gasteiger partial charge in [0, 0.05) is 17.6 Å². The lowest BCUT2D eigenvalue weighted by Gasteiger charge is -1.97. The summed E-state index contributed by atoms with van der Waals surface area (Å²) >= 11 is 9.21. The Morgan fingerprint density at radius 2 is 2.25 bits per heavy atom. The molecule has 86 valence electrons. The molecule has 2 aromatic rings. The molecule has 5 heteroatoms. The van der Waals surface area contributed by atoms with Gasteiger partial charge in [0.2, 0.25) is 0 Å². The highest BCUT2D eigenvalue weighted by atomic mass is 35.5. The van der Waals surface area contributed by atoms with Crippen molar-refractivity contribution >= 4 is 34.3 Å². The quantitative estimate of drug-likeness (QED) is 0.832. The number of thiophene rings is 1. The molecule has 0 atom stereocenters. The Morgan fingerprint density at radius 1 is 1.38 bits per heavy atom. The minimum Gasteiger partial charge on any atom is -0.312 e. The van der Waals surface area contributed by atoms with E-state index in [4.69, 9.17) is 11.6 Å². The van der Waals surface area contributed by atoms with Gasteiger partial charge in [0.25, 0.3) is 0 Å². The lowest BCUT2D eigenvalue weighted by Crippen LogP contribution is -2.12. The second-order valence-corrected chi connectivity index (χ2v) is 6.24. The van der Waals surface area contributed by atoms with Gasteiger partial charge in [-0.3, -0.25) is 0 Å². The smallest absolute Gasteiger partial charge is 0.133 e. The van der Waals surface area contributed by atoms with Gasteiger partial charge in [-0.15, -0.1) is 22.7 Å². The van der Waals surface area contributed by atoms with Crippen LogP contribution in [0.15, 0.2) is 18.3 Å². The zero-order valence-electron chi connectivity index (χ0n) is 9.00. The van der Waals surface area contributed by atoms with Crippen LogP contribution in [0, 0.1) is 0 Å². The monoisotopic (exact) mass is 272 g/mol. The minimum atomic E-state index is 0.816. The second-order valence-electron chi connectivity index (χ2n) is 3.41. The van der Waals surface area contributed by atoms with Crippen molar-refractivity contribution in [3.63, 3.8) is 0 Å². The van der Waals surface area contributed by atoms with Crippen molar-refractivity contribution in [3.05, 3.63) is 27.5 Å². The van der Waals surface area contributed by atoms with Gasteiger partial charge in [0.05, 0.1) is 9.21 Å². The number of rotatable bonds is 5. The molecule has 0 aromatic carbocycles. The van der Waals surface area contributed by atoms with E-state index in [0.717, 1.165) is 33.7 Å². The number of nitrogens with zero attached hydrogens (tertiary/aromatic N) is 1. The molecule has 0 bridgehead atoms. The van der Waals surface area contributed by atoms with Gasteiger partial charge < -0.3 is 5.32 Å². The third-order valence-electron chi connectivity index (χ3n) is 2.06. The van der Waals surface area contributed by atoms with E-state index in [-0.39, 0.29) is 0 Å². The molecule has 0 unspecified atom stereocenters. The van der Waals surface area contributed by atoms with Gasteiger partial charge >= 0.3 is 0 Å². The molecule has 16 heavy (non-hydrogen) atoms. The fraction of sp³-hybridized carbons (Fsp3) is 0.364. The molecule has 0 aliphatic heterocycles. The maximum Gasteiger partial charge on any atom is 0.133 e. The van der Waals surface area contributed by atoms with Gasteiger partial charge in [-0.25, -0.2) is 4.98 Å².